The molecule has 1 aliphatic carbocycles. The van der Waals surface area contributed by atoms with Crippen LogP contribution in [-0.4, -0.2) is 48.1 Å². The van der Waals surface area contributed by atoms with E-state index in [0.29, 0.717) is 4.75 Å². The van der Waals surface area contributed by atoms with Gasteiger partial charge in [-0.2, -0.15) is 11.8 Å². The van der Waals surface area contributed by atoms with Gasteiger partial charge in [-0.1, -0.05) is 6.92 Å². The Hall–Kier alpha value is 0.270. The van der Waals surface area contributed by atoms with Crippen molar-refractivity contribution in [3.8, 4) is 0 Å². The monoisotopic (exact) mass is 270 g/mol. The molecule has 1 saturated heterocycles. The van der Waals surface area contributed by atoms with Gasteiger partial charge in [0.2, 0.25) is 0 Å². The number of nitrogens with one attached hydrogen (secondary N) is 1. The van der Waals surface area contributed by atoms with E-state index in [1.54, 1.807) is 0 Å². The minimum Gasteiger partial charge on any atom is -0.317 e. The number of nitrogens with zero attached hydrogens (tertiary/aromatic N) is 1. The Morgan fingerprint density at radius 3 is 2.78 bits per heavy atom. The maximum Gasteiger partial charge on any atom is 0.0231 e. The predicted octanol–water partition coefficient (Wildman–Crippen LogP) is 2.84. The van der Waals surface area contributed by atoms with E-state index in [9.17, 15) is 0 Å². The van der Waals surface area contributed by atoms with Gasteiger partial charge in [-0.15, -0.1) is 0 Å². The average molecular weight is 270 g/mol. The predicted molar refractivity (Wildman–Crippen MR) is 82.3 cm³/mol. The lowest BCUT2D eigenvalue weighted by Crippen LogP contribution is -2.49. The summed E-state index contributed by atoms with van der Waals surface area (Å²) in [7, 11) is 2.14. The number of thioether (sulfide) groups is 1. The van der Waals surface area contributed by atoms with Gasteiger partial charge in [0.1, 0.15) is 0 Å². The molecular weight excluding hydrogens is 240 g/mol. The summed E-state index contributed by atoms with van der Waals surface area (Å²) >= 11 is 2.14. The van der Waals surface area contributed by atoms with E-state index >= 15 is 0 Å². The van der Waals surface area contributed by atoms with Crippen molar-refractivity contribution >= 4 is 11.8 Å². The Morgan fingerprint density at radius 1 is 1.33 bits per heavy atom. The minimum atomic E-state index is 0.452. The summed E-state index contributed by atoms with van der Waals surface area (Å²) in [5.41, 5.74) is 0. The van der Waals surface area contributed by atoms with Crippen molar-refractivity contribution in [1.29, 1.82) is 0 Å². The van der Waals surface area contributed by atoms with E-state index in [1.807, 2.05) is 0 Å². The second kappa shape index (κ2) is 6.15. The van der Waals surface area contributed by atoms with Crippen molar-refractivity contribution < 1.29 is 0 Å². The maximum absolute atomic E-state index is 3.55. The molecule has 0 amide bonds. The smallest absolute Gasteiger partial charge is 0.0231 e. The highest BCUT2D eigenvalue weighted by Crippen LogP contribution is 2.33. The van der Waals surface area contributed by atoms with Gasteiger partial charge in [-0.05, 0) is 52.0 Å². The molecule has 0 spiro atoms. The molecule has 2 nitrogen and oxygen atoms in total. The van der Waals surface area contributed by atoms with Gasteiger partial charge >= 0.3 is 0 Å². The molecule has 2 aliphatic rings. The topological polar surface area (TPSA) is 15.3 Å². The van der Waals surface area contributed by atoms with Crippen LogP contribution in [0.3, 0.4) is 0 Å². The van der Waals surface area contributed by atoms with Gasteiger partial charge in [-0.25, -0.2) is 0 Å². The van der Waals surface area contributed by atoms with Gasteiger partial charge in [0.25, 0.3) is 0 Å². The van der Waals surface area contributed by atoms with Crippen molar-refractivity contribution in [3.05, 3.63) is 0 Å². The molecule has 1 aliphatic heterocycles. The Morgan fingerprint density at radius 2 is 2.11 bits per heavy atom. The number of hydrogen-bond donors (Lipinski definition) is 1. The lowest BCUT2D eigenvalue weighted by molar-refractivity contribution is 0.144. The molecule has 106 valence electrons. The molecule has 1 N–H and O–H groups in total. The fraction of sp³-hybridized carbons (Fsp3) is 1.00. The fourth-order valence-corrected chi connectivity index (χ4v) is 4.86. The lowest BCUT2D eigenvalue weighted by atomic mass is 9.78. The molecule has 0 aromatic rings. The standard InChI is InChI=1S/C15H30N2S/c1-12-5-6-14(16-4)13(9-12)10-17-7-8-18-15(2,3)11-17/h12-14,16H,5-11H2,1-4H3. The van der Waals surface area contributed by atoms with Crippen molar-refractivity contribution in [1.82, 2.24) is 10.2 Å². The van der Waals surface area contributed by atoms with E-state index < -0.39 is 0 Å². The summed E-state index contributed by atoms with van der Waals surface area (Å²) in [5.74, 6) is 3.09. The van der Waals surface area contributed by atoms with E-state index in [-0.39, 0.29) is 0 Å². The Balaban J connectivity index is 1.90. The molecular formula is C15H30N2S. The summed E-state index contributed by atoms with van der Waals surface area (Å²) in [6.07, 6.45) is 4.19. The lowest BCUT2D eigenvalue weighted by Gasteiger charge is -2.42. The molecule has 0 aromatic carbocycles. The van der Waals surface area contributed by atoms with Crippen molar-refractivity contribution in [2.45, 2.75) is 50.8 Å². The molecule has 2 rings (SSSR count). The zero-order chi connectivity index (χ0) is 13.2. The first kappa shape index (κ1) is 14.7. The molecule has 18 heavy (non-hydrogen) atoms. The molecule has 3 unspecified atom stereocenters. The first-order valence-corrected chi connectivity index (χ1v) is 8.52. The summed E-state index contributed by atoms with van der Waals surface area (Å²) in [5, 5.41) is 3.55. The Kier molecular flexibility index (Phi) is 5.01. The molecule has 0 radical (unpaired) electrons. The van der Waals surface area contributed by atoms with Crippen LogP contribution in [0.1, 0.15) is 40.0 Å². The largest absolute Gasteiger partial charge is 0.317 e. The van der Waals surface area contributed by atoms with E-state index in [1.165, 1.54) is 44.6 Å². The van der Waals surface area contributed by atoms with Crippen LogP contribution in [-0.2, 0) is 0 Å². The molecule has 1 saturated carbocycles. The Labute approximate surface area is 117 Å². The highest BCUT2D eigenvalue weighted by Gasteiger charge is 2.32. The summed E-state index contributed by atoms with van der Waals surface area (Å²) in [4.78, 5) is 2.71. The summed E-state index contributed by atoms with van der Waals surface area (Å²) in [6, 6.07) is 0.749. The third-order valence-electron chi connectivity index (χ3n) is 4.61. The van der Waals surface area contributed by atoms with Crippen molar-refractivity contribution in [2.24, 2.45) is 11.8 Å². The van der Waals surface area contributed by atoms with Crippen molar-refractivity contribution in [3.63, 3.8) is 0 Å². The molecule has 2 fully saturated rings. The minimum absolute atomic E-state index is 0.452. The molecule has 0 bridgehead atoms. The molecule has 0 aromatic heterocycles. The highest BCUT2D eigenvalue weighted by molar-refractivity contribution is 8.00. The summed E-state index contributed by atoms with van der Waals surface area (Å²) in [6.45, 7) is 11.1. The normalized spacial score (nSPS) is 37.7. The van der Waals surface area contributed by atoms with Gasteiger partial charge < -0.3 is 10.2 Å². The van der Waals surface area contributed by atoms with E-state index in [0.717, 1.165) is 17.9 Å². The fourth-order valence-electron chi connectivity index (χ4n) is 3.68. The van der Waals surface area contributed by atoms with Gasteiger partial charge in [0.15, 0.2) is 0 Å². The second-order valence-corrected chi connectivity index (χ2v) is 8.72. The van der Waals surface area contributed by atoms with Crippen LogP contribution >= 0.6 is 11.8 Å². The molecule has 1 heterocycles. The highest BCUT2D eigenvalue weighted by atomic mass is 32.2. The molecule has 3 atom stereocenters. The van der Waals surface area contributed by atoms with Crippen LogP contribution in [0.4, 0.5) is 0 Å². The average Bonchev–Trinajstić information content (AvgIpc) is 2.28. The SMILES string of the molecule is CNC1CCC(C)CC1CN1CCSC(C)(C)C1. The third-order valence-corrected chi connectivity index (χ3v) is 5.91. The number of hydrogen-bond acceptors (Lipinski definition) is 3. The first-order valence-electron chi connectivity index (χ1n) is 7.54. The Bertz CT molecular complexity index is 267. The van der Waals surface area contributed by atoms with E-state index in [4.69, 9.17) is 0 Å². The van der Waals surface area contributed by atoms with Crippen LogP contribution in [0.15, 0.2) is 0 Å². The third kappa shape index (κ3) is 3.88. The zero-order valence-corrected chi connectivity index (χ0v) is 13.4. The van der Waals surface area contributed by atoms with Crippen molar-refractivity contribution in [2.75, 3.05) is 32.4 Å². The maximum atomic E-state index is 3.55. The van der Waals surface area contributed by atoms with Gasteiger partial charge in [0.05, 0.1) is 0 Å². The second-order valence-electron chi connectivity index (χ2n) is 6.92. The van der Waals surface area contributed by atoms with Crippen LogP contribution in [0, 0.1) is 11.8 Å². The first-order chi connectivity index (χ1) is 8.50. The summed E-state index contributed by atoms with van der Waals surface area (Å²) < 4.78 is 0.452. The molecule has 3 heteroatoms. The van der Waals surface area contributed by atoms with Crippen LogP contribution in [0.5, 0.6) is 0 Å². The quantitative estimate of drug-likeness (QED) is 0.849. The zero-order valence-electron chi connectivity index (χ0n) is 12.5. The van der Waals surface area contributed by atoms with Crippen LogP contribution < -0.4 is 5.32 Å². The van der Waals surface area contributed by atoms with Gasteiger partial charge in [0, 0.05) is 36.2 Å². The van der Waals surface area contributed by atoms with Crippen LogP contribution in [0.2, 0.25) is 0 Å². The van der Waals surface area contributed by atoms with E-state index in [2.05, 4.69) is 49.8 Å². The number of rotatable bonds is 3. The van der Waals surface area contributed by atoms with Gasteiger partial charge in [-0.3, -0.25) is 0 Å². The van der Waals surface area contributed by atoms with Crippen LogP contribution in [0.25, 0.3) is 0 Å².